The normalized spacial score (nSPS) is 15.8. The van der Waals surface area contributed by atoms with Crippen molar-refractivity contribution in [1.82, 2.24) is 0 Å². The summed E-state index contributed by atoms with van der Waals surface area (Å²) in [6, 6.07) is 7.54. The number of nitrogens with zero attached hydrogens (tertiary/aromatic N) is 1. The van der Waals surface area contributed by atoms with Gasteiger partial charge in [0.2, 0.25) is 0 Å². The van der Waals surface area contributed by atoms with E-state index in [-0.39, 0.29) is 15.5 Å². The Balaban J connectivity index is 1.88. The summed E-state index contributed by atoms with van der Waals surface area (Å²) in [6.07, 6.45) is 2.01. The van der Waals surface area contributed by atoms with E-state index >= 15 is 0 Å². The van der Waals surface area contributed by atoms with E-state index < -0.39 is 16.0 Å². The number of carboxylic acids is 1. The molecule has 1 saturated heterocycles. The van der Waals surface area contributed by atoms with Gasteiger partial charge in [0, 0.05) is 18.8 Å². The first kappa shape index (κ1) is 19.0. The van der Waals surface area contributed by atoms with Gasteiger partial charge in [-0.2, -0.15) is 0 Å². The van der Waals surface area contributed by atoms with E-state index in [1.807, 2.05) is 4.90 Å². The topological polar surface area (TPSA) is 86.7 Å². The van der Waals surface area contributed by atoms with E-state index in [0.29, 0.717) is 15.9 Å². The Labute approximate surface area is 161 Å². The Hall–Kier alpha value is -1.77. The van der Waals surface area contributed by atoms with Crippen molar-refractivity contribution >= 4 is 50.3 Å². The number of sulfonamides is 1. The third-order valence-electron chi connectivity index (χ3n) is 4.42. The molecule has 0 bridgehead atoms. The van der Waals surface area contributed by atoms with Gasteiger partial charge in [0.25, 0.3) is 10.0 Å². The highest BCUT2D eigenvalue weighted by Crippen LogP contribution is 2.31. The average molecular weight is 415 g/mol. The Morgan fingerprint density at radius 3 is 2.54 bits per heavy atom. The molecule has 3 rings (SSSR count). The predicted molar refractivity (Wildman–Crippen MR) is 104 cm³/mol. The van der Waals surface area contributed by atoms with Gasteiger partial charge in [-0.15, -0.1) is 11.3 Å². The first-order chi connectivity index (χ1) is 12.3. The van der Waals surface area contributed by atoms with E-state index in [0.717, 1.165) is 37.3 Å². The number of aromatic carboxylic acids is 1. The maximum absolute atomic E-state index is 12.4. The van der Waals surface area contributed by atoms with Crippen LogP contribution in [-0.4, -0.2) is 32.6 Å². The smallest absolute Gasteiger partial charge is 0.337 e. The molecule has 0 radical (unpaired) electrons. The molecular formula is C17H19ClN2O4S2. The summed E-state index contributed by atoms with van der Waals surface area (Å²) in [5.74, 6) is -0.456. The summed E-state index contributed by atoms with van der Waals surface area (Å²) < 4.78 is 27.7. The van der Waals surface area contributed by atoms with Crippen molar-refractivity contribution in [2.75, 3.05) is 22.7 Å². The van der Waals surface area contributed by atoms with Crippen LogP contribution in [0.25, 0.3) is 0 Å². The highest BCUT2D eigenvalue weighted by atomic mass is 35.5. The average Bonchev–Trinajstić information content (AvgIpc) is 3.03. The van der Waals surface area contributed by atoms with Crippen LogP contribution in [0.4, 0.5) is 11.4 Å². The van der Waals surface area contributed by atoms with Crippen LogP contribution in [0.2, 0.25) is 4.34 Å². The zero-order chi connectivity index (χ0) is 18.9. The second kappa shape index (κ2) is 7.46. The van der Waals surface area contributed by atoms with Crippen molar-refractivity contribution < 1.29 is 18.3 Å². The van der Waals surface area contributed by atoms with E-state index in [4.69, 9.17) is 11.6 Å². The lowest BCUT2D eigenvalue weighted by atomic mass is 9.98. The summed E-state index contributed by atoms with van der Waals surface area (Å²) in [5, 5.41) is 9.57. The van der Waals surface area contributed by atoms with Gasteiger partial charge < -0.3 is 10.0 Å². The molecule has 0 unspecified atom stereocenters. The molecule has 0 amide bonds. The van der Waals surface area contributed by atoms with Gasteiger partial charge in [0.15, 0.2) is 0 Å². The van der Waals surface area contributed by atoms with E-state index in [1.54, 1.807) is 12.1 Å². The van der Waals surface area contributed by atoms with Gasteiger partial charge in [0.1, 0.15) is 4.21 Å². The second-order valence-electron chi connectivity index (χ2n) is 6.37. The predicted octanol–water partition coefficient (Wildman–Crippen LogP) is 4.14. The number of anilines is 2. The van der Waals surface area contributed by atoms with E-state index in [2.05, 4.69) is 11.6 Å². The molecule has 1 aliphatic rings. The van der Waals surface area contributed by atoms with Crippen LogP contribution in [0.5, 0.6) is 0 Å². The lowest BCUT2D eigenvalue weighted by molar-refractivity contribution is 0.0697. The molecule has 0 atom stereocenters. The SMILES string of the molecule is CC1CCN(c2ccc(NS(=O)(=O)c3ccc(Cl)s3)cc2C(=O)O)CC1. The van der Waals surface area contributed by atoms with Gasteiger partial charge in [0.05, 0.1) is 15.6 Å². The van der Waals surface area contributed by atoms with Crippen molar-refractivity contribution in [1.29, 1.82) is 0 Å². The van der Waals surface area contributed by atoms with Crippen molar-refractivity contribution in [3.63, 3.8) is 0 Å². The number of thiophene rings is 1. The third-order valence-corrected chi connectivity index (χ3v) is 7.52. The number of benzene rings is 1. The van der Waals surface area contributed by atoms with Crippen LogP contribution >= 0.6 is 22.9 Å². The standard InChI is InChI=1S/C17H19ClN2O4S2/c1-11-6-8-20(9-7-11)14-3-2-12(10-13(14)17(21)22)19-26(23,24)16-5-4-15(18)25-16/h2-5,10-11,19H,6-9H2,1H3,(H,21,22). The van der Waals surface area contributed by atoms with Gasteiger partial charge in [-0.3, -0.25) is 4.72 Å². The number of piperidine rings is 1. The van der Waals surface area contributed by atoms with Crippen molar-refractivity contribution in [2.24, 2.45) is 5.92 Å². The minimum Gasteiger partial charge on any atom is -0.478 e. The third kappa shape index (κ3) is 4.13. The van der Waals surface area contributed by atoms with Crippen LogP contribution in [-0.2, 0) is 10.0 Å². The van der Waals surface area contributed by atoms with Gasteiger partial charge in [-0.25, -0.2) is 13.2 Å². The number of nitrogens with one attached hydrogen (secondary N) is 1. The Kier molecular flexibility index (Phi) is 5.45. The number of carboxylic acid groups (broad SMARTS) is 1. The number of halogens is 1. The number of hydrogen-bond acceptors (Lipinski definition) is 5. The molecule has 6 nitrogen and oxygen atoms in total. The summed E-state index contributed by atoms with van der Waals surface area (Å²) in [5.41, 5.74) is 0.913. The summed E-state index contributed by atoms with van der Waals surface area (Å²) >= 11 is 6.74. The lowest BCUT2D eigenvalue weighted by Crippen LogP contribution is -2.33. The van der Waals surface area contributed by atoms with E-state index in [1.165, 1.54) is 18.2 Å². The number of rotatable bonds is 5. The molecule has 140 valence electrons. The minimum atomic E-state index is -3.80. The summed E-state index contributed by atoms with van der Waals surface area (Å²) in [7, 11) is -3.80. The maximum Gasteiger partial charge on any atom is 0.337 e. The molecule has 0 aliphatic carbocycles. The molecule has 2 heterocycles. The van der Waals surface area contributed by atoms with Crippen LogP contribution in [0.15, 0.2) is 34.5 Å². The number of carbonyl (C=O) groups is 1. The first-order valence-electron chi connectivity index (χ1n) is 8.17. The molecule has 1 fully saturated rings. The molecule has 2 aromatic rings. The van der Waals surface area contributed by atoms with Crippen molar-refractivity contribution in [2.45, 2.75) is 24.0 Å². The van der Waals surface area contributed by atoms with E-state index in [9.17, 15) is 18.3 Å². The molecule has 0 saturated carbocycles. The minimum absolute atomic E-state index is 0.0773. The van der Waals surface area contributed by atoms with Gasteiger partial charge in [-0.05, 0) is 49.1 Å². The zero-order valence-corrected chi connectivity index (χ0v) is 16.5. The molecule has 1 aromatic carbocycles. The fraction of sp³-hybridized carbons (Fsp3) is 0.353. The second-order valence-corrected chi connectivity index (χ2v) is 10.00. The highest BCUT2D eigenvalue weighted by Gasteiger charge is 2.23. The largest absolute Gasteiger partial charge is 0.478 e. The molecule has 1 aliphatic heterocycles. The summed E-state index contributed by atoms with van der Waals surface area (Å²) in [4.78, 5) is 13.7. The van der Waals surface area contributed by atoms with Crippen LogP contribution in [0.3, 0.4) is 0 Å². The lowest BCUT2D eigenvalue weighted by Gasteiger charge is -2.33. The molecular weight excluding hydrogens is 396 g/mol. The van der Waals surface area contributed by atoms with Crippen LogP contribution in [0.1, 0.15) is 30.1 Å². The van der Waals surface area contributed by atoms with Crippen LogP contribution in [0, 0.1) is 5.92 Å². The maximum atomic E-state index is 12.4. The molecule has 1 aromatic heterocycles. The zero-order valence-electron chi connectivity index (χ0n) is 14.1. The molecule has 2 N–H and O–H groups in total. The number of hydrogen-bond donors (Lipinski definition) is 2. The van der Waals surface area contributed by atoms with Gasteiger partial charge in [-0.1, -0.05) is 18.5 Å². The monoisotopic (exact) mass is 414 g/mol. The Morgan fingerprint density at radius 1 is 1.27 bits per heavy atom. The highest BCUT2D eigenvalue weighted by molar-refractivity contribution is 7.94. The fourth-order valence-corrected chi connectivity index (χ4v) is 5.48. The fourth-order valence-electron chi connectivity index (χ4n) is 2.94. The van der Waals surface area contributed by atoms with Gasteiger partial charge >= 0.3 is 5.97 Å². The molecule has 9 heteroatoms. The Bertz CT molecular complexity index is 919. The Morgan fingerprint density at radius 2 is 1.96 bits per heavy atom. The van der Waals surface area contributed by atoms with Crippen LogP contribution < -0.4 is 9.62 Å². The molecule has 26 heavy (non-hydrogen) atoms. The van der Waals surface area contributed by atoms with Crippen molar-refractivity contribution in [3.05, 3.63) is 40.2 Å². The van der Waals surface area contributed by atoms with Crippen molar-refractivity contribution in [3.8, 4) is 0 Å². The summed E-state index contributed by atoms with van der Waals surface area (Å²) in [6.45, 7) is 3.77. The molecule has 0 spiro atoms. The quantitative estimate of drug-likeness (QED) is 0.767. The first-order valence-corrected chi connectivity index (χ1v) is 10.8.